The number of esters is 1. The second-order valence-corrected chi connectivity index (χ2v) is 5.16. The monoisotopic (exact) mass is 278 g/mol. The molecule has 0 spiro atoms. The van der Waals surface area contributed by atoms with Gasteiger partial charge in [-0.25, -0.2) is 4.79 Å². The van der Waals surface area contributed by atoms with Crippen LogP contribution < -0.4 is 0 Å². The van der Waals surface area contributed by atoms with E-state index in [9.17, 15) is 4.79 Å². The summed E-state index contributed by atoms with van der Waals surface area (Å²) < 4.78 is 4.66. The number of carbonyl (C=O) groups is 1. The number of pyridine rings is 1. The standard InChI is InChI=1S/C15H22N2O3/c1-20-15(19)12-5-6-13(16-10-12)11-17-8-3-2-4-14(17)7-9-18/h5-6,10,14,18H,2-4,7-9,11H2,1H3. The number of hydrogen-bond acceptors (Lipinski definition) is 5. The minimum Gasteiger partial charge on any atom is -0.465 e. The van der Waals surface area contributed by atoms with Crippen LogP contribution in [0.2, 0.25) is 0 Å². The van der Waals surface area contributed by atoms with Crippen molar-refractivity contribution in [3.63, 3.8) is 0 Å². The summed E-state index contributed by atoms with van der Waals surface area (Å²) in [7, 11) is 1.36. The molecule has 1 saturated heterocycles. The zero-order chi connectivity index (χ0) is 14.4. The van der Waals surface area contributed by atoms with Crippen LogP contribution in [0.5, 0.6) is 0 Å². The van der Waals surface area contributed by atoms with Gasteiger partial charge in [-0.05, 0) is 37.9 Å². The fraction of sp³-hybridized carbons (Fsp3) is 0.600. The van der Waals surface area contributed by atoms with E-state index in [1.165, 1.54) is 20.0 Å². The average molecular weight is 278 g/mol. The number of piperidine rings is 1. The molecule has 0 amide bonds. The summed E-state index contributed by atoms with van der Waals surface area (Å²) in [5.41, 5.74) is 1.42. The molecule has 1 aromatic heterocycles. The van der Waals surface area contributed by atoms with Crippen LogP contribution >= 0.6 is 0 Å². The number of aromatic nitrogens is 1. The molecule has 2 rings (SSSR count). The lowest BCUT2D eigenvalue weighted by Crippen LogP contribution is -2.39. The summed E-state index contributed by atoms with van der Waals surface area (Å²) in [6.45, 7) is 2.05. The van der Waals surface area contributed by atoms with Crippen LogP contribution in [0.15, 0.2) is 18.3 Å². The second-order valence-electron chi connectivity index (χ2n) is 5.16. The van der Waals surface area contributed by atoms with E-state index in [0.29, 0.717) is 11.6 Å². The molecule has 0 radical (unpaired) electrons. The van der Waals surface area contributed by atoms with Crippen molar-refractivity contribution in [1.82, 2.24) is 9.88 Å². The maximum Gasteiger partial charge on any atom is 0.339 e. The highest BCUT2D eigenvalue weighted by Crippen LogP contribution is 2.21. The molecule has 0 bridgehead atoms. The van der Waals surface area contributed by atoms with E-state index in [-0.39, 0.29) is 12.6 Å². The van der Waals surface area contributed by atoms with Crippen LogP contribution in [-0.4, -0.2) is 47.3 Å². The van der Waals surface area contributed by atoms with Gasteiger partial charge in [0.15, 0.2) is 0 Å². The molecular weight excluding hydrogens is 256 g/mol. The molecule has 1 aliphatic rings. The summed E-state index contributed by atoms with van der Waals surface area (Å²) in [6, 6.07) is 4.06. The van der Waals surface area contributed by atoms with Gasteiger partial charge in [-0.3, -0.25) is 9.88 Å². The third-order valence-corrected chi connectivity index (χ3v) is 3.82. The minimum atomic E-state index is -0.361. The van der Waals surface area contributed by atoms with Gasteiger partial charge in [0.1, 0.15) is 0 Å². The van der Waals surface area contributed by atoms with Crippen LogP contribution in [0.25, 0.3) is 0 Å². The van der Waals surface area contributed by atoms with E-state index in [1.54, 1.807) is 12.3 Å². The Morgan fingerprint density at radius 3 is 3.00 bits per heavy atom. The Morgan fingerprint density at radius 2 is 2.35 bits per heavy atom. The number of methoxy groups -OCH3 is 1. The Kier molecular flexibility index (Phi) is 5.49. The number of rotatable bonds is 5. The SMILES string of the molecule is COC(=O)c1ccc(CN2CCCCC2CCO)nc1. The molecule has 110 valence electrons. The first-order valence-corrected chi connectivity index (χ1v) is 7.12. The predicted molar refractivity (Wildman–Crippen MR) is 75.3 cm³/mol. The third kappa shape index (κ3) is 3.77. The number of aliphatic hydroxyl groups excluding tert-OH is 1. The zero-order valence-electron chi connectivity index (χ0n) is 11.9. The Morgan fingerprint density at radius 1 is 1.50 bits per heavy atom. The first kappa shape index (κ1) is 14.9. The quantitative estimate of drug-likeness (QED) is 0.829. The zero-order valence-corrected chi connectivity index (χ0v) is 11.9. The molecule has 2 heterocycles. The Balaban J connectivity index is 1.99. The molecule has 0 saturated carbocycles. The molecular formula is C15H22N2O3. The molecule has 1 atom stereocenters. The van der Waals surface area contributed by atoms with Gasteiger partial charge < -0.3 is 9.84 Å². The fourth-order valence-corrected chi connectivity index (χ4v) is 2.71. The molecule has 0 aromatic carbocycles. The number of hydrogen-bond donors (Lipinski definition) is 1. The van der Waals surface area contributed by atoms with Gasteiger partial charge in [0.2, 0.25) is 0 Å². The molecule has 5 heteroatoms. The van der Waals surface area contributed by atoms with Gasteiger partial charge >= 0.3 is 5.97 Å². The summed E-state index contributed by atoms with van der Waals surface area (Å²) >= 11 is 0. The van der Waals surface area contributed by atoms with Gasteiger partial charge in [0, 0.05) is 25.4 Å². The van der Waals surface area contributed by atoms with Gasteiger partial charge in [0.25, 0.3) is 0 Å². The number of carbonyl (C=O) groups excluding carboxylic acids is 1. The van der Waals surface area contributed by atoms with Crippen molar-refractivity contribution < 1.29 is 14.6 Å². The molecule has 1 N–H and O–H groups in total. The molecule has 0 aliphatic carbocycles. The average Bonchev–Trinajstić information content (AvgIpc) is 2.49. The lowest BCUT2D eigenvalue weighted by atomic mass is 9.99. The van der Waals surface area contributed by atoms with Gasteiger partial charge in [0.05, 0.1) is 18.4 Å². The first-order valence-electron chi connectivity index (χ1n) is 7.12. The van der Waals surface area contributed by atoms with E-state index >= 15 is 0 Å². The van der Waals surface area contributed by atoms with Crippen molar-refractivity contribution in [2.75, 3.05) is 20.3 Å². The maximum atomic E-state index is 11.4. The van der Waals surface area contributed by atoms with Crippen molar-refractivity contribution in [3.8, 4) is 0 Å². The van der Waals surface area contributed by atoms with Crippen LogP contribution in [0.4, 0.5) is 0 Å². The van der Waals surface area contributed by atoms with E-state index in [1.807, 2.05) is 6.07 Å². The van der Waals surface area contributed by atoms with Crippen LogP contribution in [-0.2, 0) is 11.3 Å². The second kappa shape index (κ2) is 7.36. The molecule has 1 aliphatic heterocycles. The maximum absolute atomic E-state index is 11.4. The Hall–Kier alpha value is -1.46. The van der Waals surface area contributed by atoms with E-state index in [4.69, 9.17) is 5.11 Å². The van der Waals surface area contributed by atoms with Crippen molar-refractivity contribution >= 4 is 5.97 Å². The Labute approximate surface area is 119 Å². The van der Waals surface area contributed by atoms with E-state index < -0.39 is 0 Å². The first-order chi connectivity index (χ1) is 9.74. The lowest BCUT2D eigenvalue weighted by Gasteiger charge is -2.35. The van der Waals surface area contributed by atoms with Crippen LogP contribution in [0, 0.1) is 0 Å². The molecule has 1 unspecified atom stereocenters. The third-order valence-electron chi connectivity index (χ3n) is 3.82. The normalized spacial score (nSPS) is 19.8. The number of nitrogens with zero attached hydrogens (tertiary/aromatic N) is 2. The van der Waals surface area contributed by atoms with E-state index in [2.05, 4.69) is 14.6 Å². The van der Waals surface area contributed by atoms with Crippen molar-refractivity contribution in [2.45, 2.75) is 38.3 Å². The summed E-state index contributed by atoms with van der Waals surface area (Å²) in [5.74, 6) is -0.361. The van der Waals surface area contributed by atoms with Crippen molar-refractivity contribution in [2.24, 2.45) is 0 Å². The van der Waals surface area contributed by atoms with Gasteiger partial charge in [-0.1, -0.05) is 6.42 Å². The minimum absolute atomic E-state index is 0.232. The molecule has 20 heavy (non-hydrogen) atoms. The largest absolute Gasteiger partial charge is 0.465 e. The molecule has 5 nitrogen and oxygen atoms in total. The highest BCUT2D eigenvalue weighted by atomic mass is 16.5. The number of aliphatic hydroxyl groups is 1. The fourth-order valence-electron chi connectivity index (χ4n) is 2.71. The summed E-state index contributed by atoms with van der Waals surface area (Å²) in [6.07, 6.45) is 5.95. The number of ether oxygens (including phenoxy) is 1. The van der Waals surface area contributed by atoms with Gasteiger partial charge in [-0.2, -0.15) is 0 Å². The van der Waals surface area contributed by atoms with Crippen molar-refractivity contribution in [3.05, 3.63) is 29.6 Å². The topological polar surface area (TPSA) is 62.7 Å². The van der Waals surface area contributed by atoms with Crippen LogP contribution in [0.1, 0.15) is 41.7 Å². The van der Waals surface area contributed by atoms with Crippen LogP contribution in [0.3, 0.4) is 0 Å². The lowest BCUT2D eigenvalue weighted by molar-refractivity contribution is 0.0600. The smallest absolute Gasteiger partial charge is 0.339 e. The molecule has 1 fully saturated rings. The van der Waals surface area contributed by atoms with Gasteiger partial charge in [-0.15, -0.1) is 0 Å². The Bertz CT molecular complexity index is 431. The van der Waals surface area contributed by atoms with Crippen molar-refractivity contribution in [1.29, 1.82) is 0 Å². The summed E-state index contributed by atoms with van der Waals surface area (Å²) in [4.78, 5) is 18.1. The summed E-state index contributed by atoms with van der Waals surface area (Å²) in [5, 5.41) is 9.13. The van der Waals surface area contributed by atoms with E-state index in [0.717, 1.165) is 31.6 Å². The number of likely N-dealkylation sites (tertiary alicyclic amines) is 1. The molecule has 1 aromatic rings. The highest BCUT2D eigenvalue weighted by molar-refractivity contribution is 5.88. The highest BCUT2D eigenvalue weighted by Gasteiger charge is 2.22. The predicted octanol–water partition coefficient (Wildman–Crippen LogP) is 1.61.